The topological polar surface area (TPSA) is 65.0 Å². The van der Waals surface area contributed by atoms with Crippen molar-refractivity contribution in [3.05, 3.63) is 84.4 Å². The van der Waals surface area contributed by atoms with E-state index in [0.29, 0.717) is 5.75 Å². The van der Waals surface area contributed by atoms with Crippen LogP contribution < -0.4 is 9.47 Å². The molecule has 0 aliphatic carbocycles. The van der Waals surface area contributed by atoms with Gasteiger partial charge >= 0.3 is 5.97 Å². The van der Waals surface area contributed by atoms with E-state index in [-0.39, 0.29) is 19.0 Å². The highest BCUT2D eigenvalue weighted by Gasteiger charge is 2.01. The fraction of sp³-hybridized carbons (Fsp3) is 0.125. The largest absolute Gasteiger partial charge is 0.508 e. The lowest BCUT2D eigenvalue weighted by Gasteiger charge is -2.08. The normalized spacial score (nSPS) is 10.7. The third-order valence-corrected chi connectivity index (χ3v) is 4.18. The van der Waals surface area contributed by atoms with Gasteiger partial charge in [0.15, 0.2) is 0 Å². The van der Waals surface area contributed by atoms with Gasteiger partial charge in [0.25, 0.3) is 0 Å². The zero-order valence-electron chi connectivity index (χ0n) is 16.1. The lowest BCUT2D eigenvalue weighted by Crippen LogP contribution is -2.10. The van der Waals surface area contributed by atoms with Crippen LogP contribution in [-0.4, -0.2) is 31.4 Å². The number of phenols is 1. The van der Waals surface area contributed by atoms with E-state index in [1.165, 1.54) is 6.08 Å². The van der Waals surface area contributed by atoms with E-state index in [4.69, 9.17) is 14.2 Å². The van der Waals surface area contributed by atoms with Gasteiger partial charge < -0.3 is 19.3 Å². The molecule has 0 aromatic heterocycles. The molecule has 0 atom stereocenters. The lowest BCUT2D eigenvalue weighted by molar-refractivity contribution is -0.138. The summed E-state index contributed by atoms with van der Waals surface area (Å²) in [6.45, 7) is 0.423. The number of phenolic OH excluding ortho intramolecular Hbond substituents is 1. The second kappa shape index (κ2) is 9.99. The third kappa shape index (κ3) is 6.14. The van der Waals surface area contributed by atoms with Gasteiger partial charge in [0, 0.05) is 6.08 Å². The minimum Gasteiger partial charge on any atom is -0.508 e. The van der Waals surface area contributed by atoms with E-state index in [9.17, 15) is 9.90 Å². The fourth-order valence-electron chi connectivity index (χ4n) is 2.63. The van der Waals surface area contributed by atoms with Crippen LogP contribution in [0.3, 0.4) is 0 Å². The monoisotopic (exact) mass is 390 g/mol. The zero-order chi connectivity index (χ0) is 20.5. The number of carbonyl (C=O) groups is 1. The number of benzene rings is 3. The summed E-state index contributed by atoms with van der Waals surface area (Å²) in [5.74, 6) is 1.27. The molecule has 148 valence electrons. The van der Waals surface area contributed by atoms with Crippen molar-refractivity contribution >= 4 is 12.0 Å². The molecule has 3 rings (SSSR count). The number of ether oxygens (including phenoxy) is 3. The van der Waals surface area contributed by atoms with Crippen LogP contribution in [0, 0.1) is 0 Å². The van der Waals surface area contributed by atoms with E-state index in [1.54, 1.807) is 25.3 Å². The average Bonchev–Trinajstić information content (AvgIpc) is 2.76. The van der Waals surface area contributed by atoms with Crippen molar-refractivity contribution in [3.63, 3.8) is 0 Å². The highest BCUT2D eigenvalue weighted by Crippen LogP contribution is 2.24. The molecule has 0 unspecified atom stereocenters. The molecule has 0 aliphatic rings. The Kier molecular flexibility index (Phi) is 6.90. The molecule has 0 heterocycles. The standard InChI is InChI=1S/C24H22O5/c1-27-22-11-2-18(3-12-22)4-15-24(26)29-17-16-28-23-13-7-20(8-14-23)19-5-9-21(25)10-6-19/h2-15,25H,16-17H2,1H3. The van der Waals surface area contributed by atoms with Gasteiger partial charge in [0.05, 0.1) is 7.11 Å². The van der Waals surface area contributed by atoms with Gasteiger partial charge in [0.2, 0.25) is 0 Å². The molecule has 0 aliphatic heterocycles. The van der Waals surface area contributed by atoms with Crippen LogP contribution in [0.5, 0.6) is 17.2 Å². The Morgan fingerprint density at radius 1 is 0.828 bits per heavy atom. The van der Waals surface area contributed by atoms with Crippen LogP contribution in [0.2, 0.25) is 0 Å². The molecule has 0 saturated carbocycles. The molecule has 0 fully saturated rings. The van der Waals surface area contributed by atoms with Gasteiger partial charge in [-0.05, 0) is 59.2 Å². The SMILES string of the molecule is COc1ccc(C=CC(=O)OCCOc2ccc(-c3ccc(O)cc3)cc2)cc1. The number of hydrogen-bond acceptors (Lipinski definition) is 5. The Morgan fingerprint density at radius 3 is 2.03 bits per heavy atom. The Bertz CT molecular complexity index is 942. The molecule has 3 aromatic rings. The van der Waals surface area contributed by atoms with Crippen LogP contribution in [0.25, 0.3) is 17.2 Å². The fourth-order valence-corrected chi connectivity index (χ4v) is 2.63. The minimum absolute atomic E-state index is 0.158. The van der Waals surface area contributed by atoms with Crippen molar-refractivity contribution in [1.82, 2.24) is 0 Å². The van der Waals surface area contributed by atoms with Crippen molar-refractivity contribution in [2.24, 2.45) is 0 Å². The maximum Gasteiger partial charge on any atom is 0.330 e. The van der Waals surface area contributed by atoms with E-state index in [0.717, 1.165) is 22.4 Å². The summed E-state index contributed by atoms with van der Waals surface area (Å²) in [5.41, 5.74) is 2.91. The molecule has 0 amide bonds. The van der Waals surface area contributed by atoms with Crippen molar-refractivity contribution in [3.8, 4) is 28.4 Å². The van der Waals surface area contributed by atoms with Crippen LogP contribution in [-0.2, 0) is 9.53 Å². The van der Waals surface area contributed by atoms with Crippen molar-refractivity contribution in [2.75, 3.05) is 20.3 Å². The summed E-state index contributed by atoms with van der Waals surface area (Å²) >= 11 is 0. The van der Waals surface area contributed by atoms with Crippen LogP contribution in [0.4, 0.5) is 0 Å². The maximum atomic E-state index is 11.8. The quantitative estimate of drug-likeness (QED) is 0.343. The van der Waals surface area contributed by atoms with Gasteiger partial charge in [-0.3, -0.25) is 0 Å². The first-order chi connectivity index (χ1) is 14.1. The molecule has 0 saturated heterocycles. The molecule has 0 radical (unpaired) electrons. The molecule has 29 heavy (non-hydrogen) atoms. The Balaban J connectivity index is 1.41. The zero-order valence-corrected chi connectivity index (χ0v) is 16.1. The smallest absolute Gasteiger partial charge is 0.330 e. The summed E-state index contributed by atoms with van der Waals surface area (Å²) in [4.78, 5) is 11.8. The van der Waals surface area contributed by atoms with Gasteiger partial charge in [0.1, 0.15) is 30.5 Å². The summed E-state index contributed by atoms with van der Waals surface area (Å²) in [5, 5.41) is 9.35. The predicted octanol–water partition coefficient (Wildman–Crippen LogP) is 4.70. The van der Waals surface area contributed by atoms with Crippen molar-refractivity contribution in [2.45, 2.75) is 0 Å². The number of hydrogen-bond donors (Lipinski definition) is 1. The molecule has 0 bridgehead atoms. The number of aromatic hydroxyl groups is 1. The van der Waals surface area contributed by atoms with Crippen molar-refractivity contribution < 1.29 is 24.1 Å². The minimum atomic E-state index is -0.424. The van der Waals surface area contributed by atoms with Crippen LogP contribution in [0.1, 0.15) is 5.56 Å². The average molecular weight is 390 g/mol. The summed E-state index contributed by atoms with van der Waals surface area (Å²) in [6.07, 6.45) is 3.07. The molecular weight excluding hydrogens is 368 g/mol. The molecule has 0 spiro atoms. The first-order valence-electron chi connectivity index (χ1n) is 9.15. The number of methoxy groups -OCH3 is 1. The van der Waals surface area contributed by atoms with Crippen LogP contribution in [0.15, 0.2) is 78.9 Å². The van der Waals surface area contributed by atoms with E-state index in [1.807, 2.05) is 60.7 Å². The number of esters is 1. The Morgan fingerprint density at radius 2 is 1.41 bits per heavy atom. The van der Waals surface area contributed by atoms with E-state index in [2.05, 4.69) is 0 Å². The predicted molar refractivity (Wildman–Crippen MR) is 112 cm³/mol. The van der Waals surface area contributed by atoms with Gasteiger partial charge in [-0.15, -0.1) is 0 Å². The highest BCUT2D eigenvalue weighted by atomic mass is 16.6. The van der Waals surface area contributed by atoms with Crippen molar-refractivity contribution in [1.29, 1.82) is 0 Å². The molecular formula is C24H22O5. The summed E-state index contributed by atoms with van der Waals surface area (Å²) < 4.78 is 15.8. The molecule has 1 N–H and O–H groups in total. The second-order valence-electron chi connectivity index (χ2n) is 6.19. The Labute approximate surface area is 169 Å². The second-order valence-corrected chi connectivity index (χ2v) is 6.19. The molecule has 3 aromatic carbocycles. The van der Waals surface area contributed by atoms with E-state index >= 15 is 0 Å². The highest BCUT2D eigenvalue weighted by molar-refractivity contribution is 5.87. The summed E-state index contributed by atoms with van der Waals surface area (Å²) in [6, 6.07) is 21.9. The lowest BCUT2D eigenvalue weighted by atomic mass is 10.1. The number of rotatable bonds is 8. The third-order valence-electron chi connectivity index (χ3n) is 4.18. The number of carbonyl (C=O) groups excluding carboxylic acids is 1. The van der Waals surface area contributed by atoms with Gasteiger partial charge in [-0.25, -0.2) is 4.79 Å². The first kappa shape index (κ1) is 20.0. The first-order valence-corrected chi connectivity index (χ1v) is 9.15. The summed E-state index contributed by atoms with van der Waals surface area (Å²) in [7, 11) is 1.61. The van der Waals surface area contributed by atoms with Gasteiger partial charge in [-0.2, -0.15) is 0 Å². The van der Waals surface area contributed by atoms with E-state index < -0.39 is 5.97 Å². The van der Waals surface area contributed by atoms with Gasteiger partial charge in [-0.1, -0.05) is 36.4 Å². The molecule has 5 nitrogen and oxygen atoms in total. The maximum absolute atomic E-state index is 11.8. The molecule has 5 heteroatoms. The Hall–Kier alpha value is -3.73. The van der Waals surface area contributed by atoms with Crippen LogP contribution >= 0.6 is 0 Å².